The molecule has 0 aromatic heterocycles. The molecule has 0 aromatic rings. The molecule has 0 saturated carbocycles. The smallest absolute Gasteiger partial charge is 0.246 e. The van der Waals surface area contributed by atoms with Crippen molar-refractivity contribution in [2.24, 2.45) is 11.5 Å². The van der Waals surface area contributed by atoms with Crippen LogP contribution in [-0.2, 0) is 4.79 Å². The third-order valence-corrected chi connectivity index (χ3v) is 2.05. The first-order valence-electron chi connectivity index (χ1n) is 1.88. The number of alkyl halides is 2. The van der Waals surface area contributed by atoms with Gasteiger partial charge in [0.1, 0.15) is 0 Å². The van der Waals surface area contributed by atoms with Crippen LogP contribution in [0.4, 0.5) is 0 Å². The Bertz CT molecular complexity index is 103. The van der Waals surface area contributed by atoms with Crippen molar-refractivity contribution in [2.45, 2.75) is 3.23 Å². The van der Waals surface area contributed by atoms with Gasteiger partial charge >= 0.3 is 0 Å². The molecule has 0 aromatic carbocycles. The second kappa shape index (κ2) is 2.80. The van der Waals surface area contributed by atoms with E-state index < -0.39 is 9.14 Å². The van der Waals surface area contributed by atoms with Gasteiger partial charge in [0.15, 0.2) is 3.23 Å². The second-order valence-electron chi connectivity index (χ2n) is 1.27. The number of primary amides is 1. The zero-order valence-electron chi connectivity index (χ0n) is 4.03. The van der Waals surface area contributed by atoms with Gasteiger partial charge in [-0.25, -0.2) is 0 Å². The highest BCUT2D eigenvalue weighted by molar-refractivity contribution is 9.26. The Morgan fingerprint density at radius 1 is 1.62 bits per heavy atom. The second-order valence-corrected chi connectivity index (χ2v) is 5.04. The topological polar surface area (TPSA) is 69.1 Å². The first-order valence-corrected chi connectivity index (χ1v) is 3.47. The van der Waals surface area contributed by atoms with E-state index in [1.54, 1.807) is 0 Å². The summed E-state index contributed by atoms with van der Waals surface area (Å²) in [5.74, 6) is -0.514. The quantitative estimate of drug-likeness (QED) is 0.669. The van der Waals surface area contributed by atoms with E-state index in [2.05, 4.69) is 31.9 Å². The number of hydrogen-bond acceptors (Lipinski definition) is 2. The van der Waals surface area contributed by atoms with E-state index in [0.717, 1.165) is 0 Å². The predicted octanol–water partition coefficient (Wildman–Crippen LogP) is -0.0835. The summed E-state index contributed by atoms with van der Waals surface area (Å²) >= 11 is 5.92. The van der Waals surface area contributed by atoms with Crippen molar-refractivity contribution in [2.75, 3.05) is 6.54 Å². The Morgan fingerprint density at radius 3 is 2.00 bits per heavy atom. The monoisotopic (exact) mass is 244 g/mol. The van der Waals surface area contributed by atoms with Gasteiger partial charge in [0.25, 0.3) is 0 Å². The lowest BCUT2D eigenvalue weighted by molar-refractivity contribution is -0.117. The number of carbonyl (C=O) groups is 1. The molecule has 0 atom stereocenters. The number of nitrogens with two attached hydrogens (primary N) is 2. The van der Waals surface area contributed by atoms with Crippen LogP contribution in [0, 0.1) is 0 Å². The Labute approximate surface area is 64.0 Å². The molecule has 4 N–H and O–H groups in total. The maximum Gasteiger partial charge on any atom is 0.246 e. The molecule has 0 radical (unpaired) electrons. The average molecular weight is 246 g/mol. The molecule has 0 heterocycles. The lowest BCUT2D eigenvalue weighted by Crippen LogP contribution is -2.38. The summed E-state index contributed by atoms with van der Waals surface area (Å²) in [5, 5.41) is 0. The number of amides is 1. The van der Waals surface area contributed by atoms with Gasteiger partial charge in [0.05, 0.1) is 0 Å². The van der Waals surface area contributed by atoms with Crippen molar-refractivity contribution in [3.63, 3.8) is 0 Å². The summed E-state index contributed by atoms with van der Waals surface area (Å²) in [6.07, 6.45) is 0. The van der Waals surface area contributed by atoms with Gasteiger partial charge < -0.3 is 11.5 Å². The van der Waals surface area contributed by atoms with E-state index in [0.29, 0.717) is 0 Å². The molecular formula is C3H6Br2N2O. The van der Waals surface area contributed by atoms with Gasteiger partial charge in [-0.1, -0.05) is 31.9 Å². The van der Waals surface area contributed by atoms with Gasteiger partial charge in [-0.15, -0.1) is 0 Å². The van der Waals surface area contributed by atoms with E-state index in [9.17, 15) is 4.79 Å². The third-order valence-electron chi connectivity index (χ3n) is 0.617. The summed E-state index contributed by atoms with van der Waals surface area (Å²) in [5.41, 5.74) is 9.98. The number of carbonyl (C=O) groups excluding carboxylic acids is 1. The molecule has 3 nitrogen and oxygen atoms in total. The lowest BCUT2D eigenvalue weighted by Gasteiger charge is -2.11. The van der Waals surface area contributed by atoms with Gasteiger partial charge in [0, 0.05) is 6.54 Å². The van der Waals surface area contributed by atoms with E-state index in [1.165, 1.54) is 0 Å². The third kappa shape index (κ3) is 2.11. The van der Waals surface area contributed by atoms with Crippen molar-refractivity contribution in [3.8, 4) is 0 Å². The molecule has 0 saturated heterocycles. The molecule has 8 heavy (non-hydrogen) atoms. The van der Waals surface area contributed by atoms with E-state index in [4.69, 9.17) is 11.5 Å². The molecule has 0 aliphatic heterocycles. The molecule has 0 unspecified atom stereocenters. The highest BCUT2D eigenvalue weighted by atomic mass is 79.9. The molecule has 0 aliphatic rings. The van der Waals surface area contributed by atoms with Crippen LogP contribution in [0.2, 0.25) is 0 Å². The standard InChI is InChI=1S/C3H6Br2N2O/c4-3(5,1-6)2(7)8/h1,6H2,(H2,7,8). The summed E-state index contributed by atoms with van der Waals surface area (Å²) in [7, 11) is 0. The van der Waals surface area contributed by atoms with Crippen molar-refractivity contribution in [1.29, 1.82) is 0 Å². The van der Waals surface area contributed by atoms with E-state index in [1.807, 2.05) is 0 Å². The maximum absolute atomic E-state index is 10.3. The van der Waals surface area contributed by atoms with Gasteiger partial charge in [-0.2, -0.15) is 0 Å². The lowest BCUT2D eigenvalue weighted by atomic mass is 10.4. The number of halogens is 2. The fourth-order valence-electron chi connectivity index (χ4n) is 0.101. The molecule has 0 spiro atoms. The zero-order valence-corrected chi connectivity index (χ0v) is 7.20. The fraction of sp³-hybridized carbons (Fsp3) is 0.667. The van der Waals surface area contributed by atoms with Crippen molar-refractivity contribution in [1.82, 2.24) is 0 Å². The van der Waals surface area contributed by atoms with Crippen LogP contribution in [0.25, 0.3) is 0 Å². The van der Waals surface area contributed by atoms with Crippen molar-refractivity contribution in [3.05, 3.63) is 0 Å². The van der Waals surface area contributed by atoms with Crippen LogP contribution in [0.3, 0.4) is 0 Å². The number of rotatable bonds is 2. The van der Waals surface area contributed by atoms with E-state index in [-0.39, 0.29) is 6.54 Å². The SMILES string of the molecule is NCC(Br)(Br)C(N)=O. The van der Waals surface area contributed by atoms with Crippen molar-refractivity contribution < 1.29 is 4.79 Å². The van der Waals surface area contributed by atoms with Crippen LogP contribution in [0.15, 0.2) is 0 Å². The molecule has 48 valence electrons. The van der Waals surface area contributed by atoms with Crippen LogP contribution in [0.5, 0.6) is 0 Å². The Kier molecular flexibility index (Phi) is 2.93. The molecular weight excluding hydrogens is 240 g/mol. The zero-order chi connectivity index (χ0) is 6.78. The minimum atomic E-state index is -0.917. The first kappa shape index (κ1) is 8.39. The summed E-state index contributed by atoms with van der Waals surface area (Å²) < 4.78 is -0.917. The maximum atomic E-state index is 10.3. The van der Waals surface area contributed by atoms with Crippen molar-refractivity contribution >= 4 is 37.8 Å². The Hall–Kier alpha value is 0.390. The molecule has 0 bridgehead atoms. The van der Waals surface area contributed by atoms with Gasteiger partial charge in [0.2, 0.25) is 5.91 Å². The molecule has 0 rings (SSSR count). The average Bonchev–Trinajstić information content (AvgIpc) is 1.67. The fourth-order valence-corrected chi connectivity index (χ4v) is 0.101. The van der Waals surface area contributed by atoms with Crippen LogP contribution in [-0.4, -0.2) is 15.7 Å². The summed E-state index contributed by atoms with van der Waals surface area (Å²) in [6.45, 7) is 0.141. The van der Waals surface area contributed by atoms with Crippen LogP contribution >= 0.6 is 31.9 Å². The van der Waals surface area contributed by atoms with Gasteiger partial charge in [-0.05, 0) is 0 Å². The highest BCUT2D eigenvalue weighted by Crippen LogP contribution is 2.23. The van der Waals surface area contributed by atoms with Crippen LogP contribution < -0.4 is 11.5 Å². The highest BCUT2D eigenvalue weighted by Gasteiger charge is 2.27. The normalized spacial score (nSPS) is 11.4. The minimum absolute atomic E-state index is 0.141. The van der Waals surface area contributed by atoms with Gasteiger partial charge in [-0.3, -0.25) is 4.79 Å². The molecule has 1 amide bonds. The molecule has 5 heteroatoms. The molecule has 0 aliphatic carbocycles. The number of hydrogen-bond donors (Lipinski definition) is 2. The summed E-state index contributed by atoms with van der Waals surface area (Å²) in [6, 6.07) is 0. The molecule has 0 fully saturated rings. The Morgan fingerprint density at radius 2 is 2.00 bits per heavy atom. The van der Waals surface area contributed by atoms with Crippen LogP contribution in [0.1, 0.15) is 0 Å². The predicted molar refractivity (Wildman–Crippen MR) is 38.8 cm³/mol. The van der Waals surface area contributed by atoms with E-state index >= 15 is 0 Å². The largest absolute Gasteiger partial charge is 0.368 e. The Balaban J connectivity index is 3.91. The first-order chi connectivity index (χ1) is 3.50. The summed E-state index contributed by atoms with van der Waals surface area (Å²) in [4.78, 5) is 10.3. The minimum Gasteiger partial charge on any atom is -0.368 e.